The van der Waals surface area contributed by atoms with E-state index in [2.05, 4.69) is 0 Å². The molecule has 0 fully saturated rings. The zero-order chi connectivity index (χ0) is 13.8. The molecule has 0 spiro atoms. The quantitative estimate of drug-likeness (QED) is 0.902. The number of hydrogen-bond acceptors (Lipinski definition) is 2. The fourth-order valence-electron chi connectivity index (χ4n) is 1.84. The van der Waals surface area contributed by atoms with Crippen molar-refractivity contribution in [3.8, 4) is 5.75 Å². The minimum Gasteiger partial charge on any atom is -0.494 e. The molecule has 0 radical (unpaired) electrons. The van der Waals surface area contributed by atoms with Gasteiger partial charge in [0.2, 0.25) is 0 Å². The minimum atomic E-state index is -0.758. The van der Waals surface area contributed by atoms with Crippen LogP contribution in [0.2, 0.25) is 10.0 Å². The van der Waals surface area contributed by atoms with Crippen LogP contribution in [0.15, 0.2) is 42.5 Å². The zero-order valence-corrected chi connectivity index (χ0v) is 11.9. The summed E-state index contributed by atoms with van der Waals surface area (Å²) in [7, 11) is 0. The van der Waals surface area contributed by atoms with Gasteiger partial charge in [-0.05, 0) is 48.4 Å². The number of halogens is 2. The van der Waals surface area contributed by atoms with E-state index in [1.54, 1.807) is 18.2 Å². The molecule has 0 saturated carbocycles. The summed E-state index contributed by atoms with van der Waals surface area (Å²) in [6.07, 6.45) is -0.758. The molecule has 0 amide bonds. The summed E-state index contributed by atoms with van der Waals surface area (Å²) < 4.78 is 5.36. The van der Waals surface area contributed by atoms with E-state index in [0.29, 0.717) is 22.2 Å². The number of aliphatic hydroxyl groups is 1. The number of aliphatic hydroxyl groups excluding tert-OH is 1. The maximum absolute atomic E-state index is 10.3. The highest BCUT2D eigenvalue weighted by atomic mass is 35.5. The van der Waals surface area contributed by atoms with Gasteiger partial charge in [-0.2, -0.15) is 0 Å². The molecule has 4 heteroatoms. The van der Waals surface area contributed by atoms with Crippen molar-refractivity contribution in [2.24, 2.45) is 0 Å². The second-order valence-corrected chi connectivity index (χ2v) is 4.98. The molecule has 0 aliphatic carbocycles. The molecule has 2 aromatic rings. The maximum atomic E-state index is 10.3. The third kappa shape index (κ3) is 3.63. The van der Waals surface area contributed by atoms with Gasteiger partial charge in [0, 0.05) is 10.0 Å². The summed E-state index contributed by atoms with van der Waals surface area (Å²) in [5.41, 5.74) is 1.43. The van der Waals surface area contributed by atoms with E-state index < -0.39 is 6.10 Å². The normalized spacial score (nSPS) is 12.2. The Balaban J connectivity index is 2.25. The molecule has 2 rings (SSSR count). The van der Waals surface area contributed by atoms with Crippen molar-refractivity contribution in [2.45, 2.75) is 13.0 Å². The Hall–Kier alpha value is -1.22. The average molecular weight is 297 g/mol. The van der Waals surface area contributed by atoms with Gasteiger partial charge in [0.25, 0.3) is 0 Å². The molecule has 0 bridgehead atoms. The molecule has 0 aliphatic rings. The van der Waals surface area contributed by atoms with Crippen LogP contribution in [0.5, 0.6) is 5.75 Å². The number of hydrogen-bond donors (Lipinski definition) is 1. The van der Waals surface area contributed by atoms with Crippen LogP contribution in [0.1, 0.15) is 24.2 Å². The van der Waals surface area contributed by atoms with Gasteiger partial charge in [-0.25, -0.2) is 0 Å². The largest absolute Gasteiger partial charge is 0.494 e. The smallest absolute Gasteiger partial charge is 0.119 e. The number of ether oxygens (including phenoxy) is 1. The minimum absolute atomic E-state index is 0.507. The lowest BCUT2D eigenvalue weighted by atomic mass is 10.0. The van der Waals surface area contributed by atoms with Crippen molar-refractivity contribution < 1.29 is 9.84 Å². The lowest BCUT2D eigenvalue weighted by Crippen LogP contribution is -2.00. The molecule has 0 aliphatic heterocycles. The van der Waals surface area contributed by atoms with Crippen LogP contribution >= 0.6 is 23.2 Å². The number of benzene rings is 2. The van der Waals surface area contributed by atoms with Crippen LogP contribution < -0.4 is 4.74 Å². The van der Waals surface area contributed by atoms with Crippen molar-refractivity contribution in [1.29, 1.82) is 0 Å². The Morgan fingerprint density at radius 2 is 1.58 bits per heavy atom. The summed E-state index contributed by atoms with van der Waals surface area (Å²) in [5.74, 6) is 0.780. The lowest BCUT2D eigenvalue weighted by Gasteiger charge is -2.13. The second-order valence-electron chi connectivity index (χ2n) is 4.11. The maximum Gasteiger partial charge on any atom is 0.119 e. The summed E-state index contributed by atoms with van der Waals surface area (Å²) in [5, 5.41) is 11.3. The third-order valence-electron chi connectivity index (χ3n) is 2.71. The molecule has 0 heterocycles. The molecule has 1 unspecified atom stereocenters. The molecule has 19 heavy (non-hydrogen) atoms. The molecule has 100 valence electrons. The molecule has 1 atom stereocenters. The van der Waals surface area contributed by atoms with E-state index in [-0.39, 0.29) is 0 Å². The Labute approximate surface area is 122 Å². The number of rotatable bonds is 4. The molecule has 2 aromatic carbocycles. The zero-order valence-electron chi connectivity index (χ0n) is 10.4. The van der Waals surface area contributed by atoms with Crippen LogP contribution in [0.4, 0.5) is 0 Å². The summed E-state index contributed by atoms with van der Waals surface area (Å²) in [4.78, 5) is 0. The molecule has 1 N–H and O–H groups in total. The van der Waals surface area contributed by atoms with E-state index >= 15 is 0 Å². The SMILES string of the molecule is CCOc1ccc(C(O)c2cc(Cl)cc(Cl)c2)cc1. The second kappa shape index (κ2) is 6.29. The van der Waals surface area contributed by atoms with E-state index in [1.807, 2.05) is 31.2 Å². The van der Waals surface area contributed by atoms with Gasteiger partial charge < -0.3 is 9.84 Å². The van der Waals surface area contributed by atoms with Crippen LogP contribution in [0.25, 0.3) is 0 Å². The van der Waals surface area contributed by atoms with Gasteiger partial charge in [-0.15, -0.1) is 0 Å². The Morgan fingerprint density at radius 1 is 1.00 bits per heavy atom. The van der Waals surface area contributed by atoms with Crippen molar-refractivity contribution in [1.82, 2.24) is 0 Å². The Kier molecular flexibility index (Phi) is 4.70. The first-order valence-electron chi connectivity index (χ1n) is 5.97. The van der Waals surface area contributed by atoms with E-state index in [4.69, 9.17) is 27.9 Å². The Morgan fingerprint density at radius 3 is 2.11 bits per heavy atom. The molecule has 0 saturated heterocycles. The van der Waals surface area contributed by atoms with Crippen LogP contribution in [-0.2, 0) is 0 Å². The van der Waals surface area contributed by atoms with Crippen molar-refractivity contribution in [2.75, 3.05) is 6.61 Å². The van der Waals surface area contributed by atoms with E-state index in [9.17, 15) is 5.11 Å². The molecule has 0 aromatic heterocycles. The van der Waals surface area contributed by atoms with Crippen molar-refractivity contribution in [3.63, 3.8) is 0 Å². The topological polar surface area (TPSA) is 29.5 Å². The first-order chi connectivity index (χ1) is 9.10. The third-order valence-corrected chi connectivity index (χ3v) is 3.14. The van der Waals surface area contributed by atoms with Gasteiger partial charge in [-0.1, -0.05) is 35.3 Å². The van der Waals surface area contributed by atoms with Crippen molar-refractivity contribution in [3.05, 3.63) is 63.6 Å². The van der Waals surface area contributed by atoms with E-state index in [0.717, 1.165) is 11.3 Å². The van der Waals surface area contributed by atoms with E-state index in [1.165, 1.54) is 0 Å². The fourth-order valence-corrected chi connectivity index (χ4v) is 2.38. The Bertz CT molecular complexity index is 532. The van der Waals surface area contributed by atoms with Gasteiger partial charge >= 0.3 is 0 Å². The molecular weight excluding hydrogens is 283 g/mol. The van der Waals surface area contributed by atoms with Crippen molar-refractivity contribution >= 4 is 23.2 Å². The van der Waals surface area contributed by atoms with Crippen LogP contribution in [0, 0.1) is 0 Å². The standard InChI is InChI=1S/C15H14Cl2O2/c1-2-19-14-5-3-10(4-6-14)15(18)11-7-12(16)9-13(17)8-11/h3-9,15,18H,2H2,1H3. The van der Waals surface area contributed by atoms with Gasteiger partial charge in [0.1, 0.15) is 11.9 Å². The van der Waals surface area contributed by atoms with Gasteiger partial charge in [0.05, 0.1) is 6.61 Å². The highest BCUT2D eigenvalue weighted by Crippen LogP contribution is 2.28. The highest BCUT2D eigenvalue weighted by molar-refractivity contribution is 6.34. The molecule has 2 nitrogen and oxygen atoms in total. The lowest BCUT2D eigenvalue weighted by molar-refractivity contribution is 0.220. The summed E-state index contributed by atoms with van der Waals surface area (Å²) in [6, 6.07) is 12.3. The predicted octanol–water partition coefficient (Wildman–Crippen LogP) is 4.47. The van der Waals surface area contributed by atoms with Crippen LogP contribution in [0.3, 0.4) is 0 Å². The van der Waals surface area contributed by atoms with Gasteiger partial charge in [-0.3, -0.25) is 0 Å². The fraction of sp³-hybridized carbons (Fsp3) is 0.200. The summed E-state index contributed by atoms with van der Waals surface area (Å²) in [6.45, 7) is 2.54. The van der Waals surface area contributed by atoms with Gasteiger partial charge in [0.15, 0.2) is 0 Å². The predicted molar refractivity (Wildman–Crippen MR) is 78.1 cm³/mol. The summed E-state index contributed by atoms with van der Waals surface area (Å²) >= 11 is 11.9. The highest BCUT2D eigenvalue weighted by Gasteiger charge is 2.12. The monoisotopic (exact) mass is 296 g/mol. The first-order valence-corrected chi connectivity index (χ1v) is 6.72. The van der Waals surface area contributed by atoms with Crippen LogP contribution in [-0.4, -0.2) is 11.7 Å². The molecular formula is C15H14Cl2O2. The first kappa shape index (κ1) is 14.2. The average Bonchev–Trinajstić information content (AvgIpc) is 2.38.